The second kappa shape index (κ2) is 3.94. The number of aromatic amines is 2. The van der Waals surface area contributed by atoms with Gasteiger partial charge in [0.2, 0.25) is 0 Å². The third-order valence-corrected chi connectivity index (χ3v) is 2.05. The van der Waals surface area contributed by atoms with Crippen LogP contribution in [-0.4, -0.2) is 15.1 Å². The van der Waals surface area contributed by atoms with Gasteiger partial charge in [0.15, 0.2) is 5.17 Å². The Balaban J connectivity index is 2.84. The van der Waals surface area contributed by atoms with Gasteiger partial charge in [-0.1, -0.05) is 11.8 Å². The van der Waals surface area contributed by atoms with Crippen LogP contribution in [0.25, 0.3) is 0 Å². The number of hydrogen-bond acceptors (Lipinski definition) is 4. The third-order valence-electron chi connectivity index (χ3n) is 1.28. The summed E-state index contributed by atoms with van der Waals surface area (Å²) in [6.07, 6.45) is 1.32. The second-order valence-corrected chi connectivity index (χ2v) is 3.27. The van der Waals surface area contributed by atoms with Gasteiger partial charge in [-0.15, -0.1) is 0 Å². The van der Waals surface area contributed by atoms with Gasteiger partial charge in [-0.2, -0.15) is 0 Å². The van der Waals surface area contributed by atoms with Crippen molar-refractivity contribution in [1.29, 1.82) is 5.41 Å². The van der Waals surface area contributed by atoms with Crippen LogP contribution in [0, 0.1) is 5.41 Å². The van der Waals surface area contributed by atoms with Crippen LogP contribution >= 0.6 is 11.8 Å². The number of rotatable bonds is 2. The molecular weight excluding hydrogens is 192 g/mol. The number of hydrogen-bond donors (Lipinski definition) is 4. The molecule has 0 radical (unpaired) electrons. The van der Waals surface area contributed by atoms with Gasteiger partial charge in [0.05, 0.1) is 0 Å². The molecule has 0 atom stereocenters. The van der Waals surface area contributed by atoms with Gasteiger partial charge in [0.25, 0.3) is 5.56 Å². The first-order chi connectivity index (χ1) is 6.09. The molecule has 5 N–H and O–H groups in total. The average Bonchev–Trinajstić information content (AvgIpc) is 2.02. The summed E-state index contributed by atoms with van der Waals surface area (Å²) in [6.45, 7) is 0. The molecule has 0 unspecified atom stereocenters. The highest BCUT2D eigenvalue weighted by Gasteiger charge is 2.00. The van der Waals surface area contributed by atoms with E-state index in [9.17, 15) is 9.59 Å². The minimum Gasteiger partial charge on any atom is -0.379 e. The summed E-state index contributed by atoms with van der Waals surface area (Å²) in [4.78, 5) is 26.0. The van der Waals surface area contributed by atoms with E-state index in [4.69, 9.17) is 11.1 Å². The SMILES string of the molecule is N=C(N)SCc1c[nH]c(=O)[nH]c1=O. The molecule has 13 heavy (non-hydrogen) atoms. The molecule has 0 aromatic carbocycles. The van der Waals surface area contributed by atoms with Crippen molar-refractivity contribution in [2.75, 3.05) is 0 Å². The summed E-state index contributed by atoms with van der Waals surface area (Å²) < 4.78 is 0. The van der Waals surface area contributed by atoms with Crippen LogP contribution in [0.3, 0.4) is 0 Å². The molecule has 0 saturated heterocycles. The van der Waals surface area contributed by atoms with Crippen LogP contribution in [0.15, 0.2) is 15.8 Å². The second-order valence-electron chi connectivity index (χ2n) is 2.25. The Morgan fingerprint density at radius 1 is 1.62 bits per heavy atom. The number of aromatic nitrogens is 2. The van der Waals surface area contributed by atoms with E-state index < -0.39 is 11.2 Å². The highest BCUT2D eigenvalue weighted by molar-refractivity contribution is 8.13. The van der Waals surface area contributed by atoms with Crippen LogP contribution in [0.2, 0.25) is 0 Å². The maximum absolute atomic E-state index is 11.1. The molecule has 1 rings (SSSR count). The molecule has 0 bridgehead atoms. The summed E-state index contributed by atoms with van der Waals surface area (Å²) in [7, 11) is 0. The fourth-order valence-electron chi connectivity index (χ4n) is 0.700. The van der Waals surface area contributed by atoms with Gasteiger partial charge in [-0.3, -0.25) is 15.2 Å². The molecule has 1 aromatic rings. The maximum atomic E-state index is 11.1. The van der Waals surface area contributed by atoms with Gasteiger partial charge in [-0.05, 0) is 0 Å². The minimum atomic E-state index is -0.540. The van der Waals surface area contributed by atoms with Gasteiger partial charge >= 0.3 is 5.69 Å². The van der Waals surface area contributed by atoms with Crippen molar-refractivity contribution in [3.05, 3.63) is 32.6 Å². The van der Waals surface area contributed by atoms with Gasteiger partial charge < -0.3 is 10.7 Å². The highest BCUT2D eigenvalue weighted by atomic mass is 32.2. The zero-order valence-electron chi connectivity index (χ0n) is 6.59. The Labute approximate surface area is 77.1 Å². The standard InChI is InChI=1S/C6H8N4O2S/c7-5(8)13-2-3-1-9-6(12)10-4(3)11/h1H,2H2,(H3,7,8)(H2,9,10,11,12). The zero-order chi connectivity index (χ0) is 9.84. The molecule has 0 aliphatic carbocycles. The number of nitrogens with one attached hydrogen (secondary N) is 3. The quantitative estimate of drug-likeness (QED) is 0.369. The fraction of sp³-hybridized carbons (Fsp3) is 0.167. The molecule has 0 amide bonds. The summed E-state index contributed by atoms with van der Waals surface area (Å²) in [5, 5.41) is 6.85. The molecule has 7 heteroatoms. The molecule has 0 aliphatic rings. The fourth-order valence-corrected chi connectivity index (χ4v) is 1.23. The molecule has 0 fully saturated rings. The van der Waals surface area contributed by atoms with Crippen molar-refractivity contribution >= 4 is 16.9 Å². The Kier molecular flexibility index (Phi) is 2.91. The van der Waals surface area contributed by atoms with Crippen molar-refractivity contribution in [2.24, 2.45) is 5.73 Å². The van der Waals surface area contributed by atoms with Crippen LogP contribution in [-0.2, 0) is 5.75 Å². The normalized spacial score (nSPS) is 9.85. The number of H-pyrrole nitrogens is 2. The first-order valence-corrected chi connectivity index (χ1v) is 4.36. The monoisotopic (exact) mass is 200 g/mol. The largest absolute Gasteiger partial charge is 0.379 e. The number of nitrogens with two attached hydrogens (primary N) is 1. The molecule has 6 nitrogen and oxygen atoms in total. The Hall–Kier alpha value is -1.50. The first kappa shape index (κ1) is 9.59. The minimum absolute atomic E-state index is 0.0643. The lowest BCUT2D eigenvalue weighted by molar-refractivity contribution is 1.00. The smallest absolute Gasteiger partial charge is 0.325 e. The molecule has 0 aliphatic heterocycles. The number of thioether (sulfide) groups is 1. The van der Waals surface area contributed by atoms with E-state index in [2.05, 4.69) is 9.97 Å². The summed E-state index contributed by atoms with van der Waals surface area (Å²) in [5.41, 5.74) is 4.48. The first-order valence-electron chi connectivity index (χ1n) is 3.37. The van der Waals surface area contributed by atoms with E-state index in [1.54, 1.807) is 0 Å². The molecule has 70 valence electrons. The van der Waals surface area contributed by atoms with Crippen molar-refractivity contribution in [3.8, 4) is 0 Å². The zero-order valence-corrected chi connectivity index (χ0v) is 7.40. The van der Waals surface area contributed by atoms with Gasteiger partial charge in [0.1, 0.15) is 0 Å². The summed E-state index contributed by atoms with van der Waals surface area (Å²) in [5.74, 6) is 0.279. The van der Waals surface area contributed by atoms with Crippen LogP contribution in [0.4, 0.5) is 0 Å². The molecule has 0 spiro atoms. The van der Waals surface area contributed by atoms with E-state index in [1.807, 2.05) is 0 Å². The predicted octanol–water partition coefficient (Wildman–Crippen LogP) is -0.810. The van der Waals surface area contributed by atoms with E-state index in [-0.39, 0.29) is 10.9 Å². The topological polar surface area (TPSA) is 116 Å². The van der Waals surface area contributed by atoms with E-state index in [1.165, 1.54) is 6.20 Å². The Bertz CT molecular complexity index is 421. The third kappa shape index (κ3) is 2.79. The average molecular weight is 200 g/mol. The molecule has 0 saturated carbocycles. The molecular formula is C6H8N4O2S. The summed E-state index contributed by atoms with van der Waals surface area (Å²) in [6, 6.07) is 0. The van der Waals surface area contributed by atoms with Crippen LogP contribution in [0.5, 0.6) is 0 Å². The Morgan fingerprint density at radius 2 is 2.31 bits per heavy atom. The number of amidine groups is 1. The van der Waals surface area contributed by atoms with Crippen LogP contribution in [0.1, 0.15) is 5.56 Å². The van der Waals surface area contributed by atoms with E-state index in [0.29, 0.717) is 5.56 Å². The molecule has 1 heterocycles. The van der Waals surface area contributed by atoms with Crippen molar-refractivity contribution in [3.63, 3.8) is 0 Å². The lowest BCUT2D eigenvalue weighted by atomic mass is 10.4. The Morgan fingerprint density at radius 3 is 2.85 bits per heavy atom. The maximum Gasteiger partial charge on any atom is 0.325 e. The van der Waals surface area contributed by atoms with Crippen LogP contribution < -0.4 is 17.0 Å². The lowest BCUT2D eigenvalue weighted by Gasteiger charge is -1.96. The van der Waals surface area contributed by atoms with E-state index >= 15 is 0 Å². The van der Waals surface area contributed by atoms with Gasteiger partial charge in [0, 0.05) is 17.5 Å². The lowest BCUT2D eigenvalue weighted by Crippen LogP contribution is -2.24. The van der Waals surface area contributed by atoms with Gasteiger partial charge in [-0.25, -0.2) is 4.79 Å². The predicted molar refractivity (Wildman–Crippen MR) is 50.9 cm³/mol. The summed E-state index contributed by atoms with van der Waals surface area (Å²) >= 11 is 1.02. The van der Waals surface area contributed by atoms with Crippen molar-refractivity contribution in [2.45, 2.75) is 5.75 Å². The van der Waals surface area contributed by atoms with E-state index in [0.717, 1.165) is 11.8 Å². The highest BCUT2D eigenvalue weighted by Crippen LogP contribution is 2.04. The van der Waals surface area contributed by atoms with Crippen molar-refractivity contribution in [1.82, 2.24) is 9.97 Å². The van der Waals surface area contributed by atoms with Crippen molar-refractivity contribution < 1.29 is 0 Å². The molecule has 1 aromatic heterocycles.